The maximum Gasteiger partial charge on any atom is 0.361 e. The summed E-state index contributed by atoms with van der Waals surface area (Å²) < 4.78 is 23.1. The van der Waals surface area contributed by atoms with Crippen molar-refractivity contribution in [1.29, 1.82) is 0 Å². The molecule has 0 spiro atoms. The molecule has 9 nitrogen and oxygen atoms in total. The van der Waals surface area contributed by atoms with E-state index < -0.39 is 18.4 Å². The van der Waals surface area contributed by atoms with Gasteiger partial charge in [-0.05, 0) is 12.8 Å². The molecule has 0 aromatic heterocycles. The van der Waals surface area contributed by atoms with Gasteiger partial charge in [0.15, 0.2) is 6.10 Å². The van der Waals surface area contributed by atoms with E-state index in [1.54, 1.807) is 0 Å². The SMILES string of the molecule is CCCCCCCCCCCCCCCCCCCCCCCCCCCCCCCCCCCCCCC(=O)OC(COC(=O)CCCCCCCCCCCCCCCCCCCCCCCCCCCCCCCC)COC(OCC[N+](C)(C)C)C(=O)O. The first-order valence-corrected chi connectivity index (χ1v) is 41.2. The van der Waals surface area contributed by atoms with Crippen LogP contribution in [0.5, 0.6) is 0 Å². The normalized spacial score (nSPS) is 12.5. The number of likely N-dealkylation sites (N-methyl/N-ethyl adjacent to an activating group) is 1. The quantitative estimate of drug-likeness (QED) is 0.0278. The number of unbranched alkanes of at least 4 members (excludes halogenated alkanes) is 64. The molecule has 91 heavy (non-hydrogen) atoms. The van der Waals surface area contributed by atoms with Gasteiger partial charge in [-0.25, -0.2) is 4.79 Å². The second kappa shape index (κ2) is 74.1. The van der Waals surface area contributed by atoms with Crippen molar-refractivity contribution in [2.75, 3.05) is 47.5 Å². The van der Waals surface area contributed by atoms with E-state index in [4.69, 9.17) is 18.9 Å². The van der Waals surface area contributed by atoms with Crippen molar-refractivity contribution in [2.24, 2.45) is 0 Å². The maximum absolute atomic E-state index is 13.0. The molecule has 0 bridgehead atoms. The van der Waals surface area contributed by atoms with Crippen LogP contribution in [0.2, 0.25) is 0 Å². The fourth-order valence-electron chi connectivity index (χ4n) is 13.1. The number of carboxylic acids is 1. The maximum atomic E-state index is 13.0. The highest BCUT2D eigenvalue weighted by Gasteiger charge is 2.25. The summed E-state index contributed by atoms with van der Waals surface area (Å²) in [6.45, 7) is 4.99. The first-order chi connectivity index (χ1) is 44.6. The zero-order valence-electron chi connectivity index (χ0n) is 62.3. The molecular formula is C82H162NO8+. The van der Waals surface area contributed by atoms with Crippen molar-refractivity contribution in [1.82, 2.24) is 0 Å². The van der Waals surface area contributed by atoms with Crippen molar-refractivity contribution < 1.29 is 42.9 Å². The van der Waals surface area contributed by atoms with Gasteiger partial charge in [0.2, 0.25) is 0 Å². The number of rotatable bonds is 79. The van der Waals surface area contributed by atoms with E-state index in [0.717, 1.165) is 38.5 Å². The topological polar surface area (TPSA) is 108 Å². The van der Waals surface area contributed by atoms with Crippen molar-refractivity contribution >= 4 is 17.9 Å². The molecule has 2 unspecified atom stereocenters. The van der Waals surface area contributed by atoms with Crippen LogP contribution >= 0.6 is 0 Å². The molecule has 0 aliphatic carbocycles. The monoisotopic (exact) mass is 1290 g/mol. The molecule has 542 valence electrons. The molecule has 0 saturated carbocycles. The van der Waals surface area contributed by atoms with Gasteiger partial charge in [0.25, 0.3) is 6.29 Å². The Labute approximate surface area is 568 Å². The van der Waals surface area contributed by atoms with Gasteiger partial charge in [-0.1, -0.05) is 425 Å². The van der Waals surface area contributed by atoms with Gasteiger partial charge in [-0.15, -0.1) is 0 Å². The number of nitrogens with zero attached hydrogens (tertiary/aromatic N) is 1. The van der Waals surface area contributed by atoms with Crippen LogP contribution in [-0.2, 0) is 33.3 Å². The molecule has 0 aliphatic heterocycles. The van der Waals surface area contributed by atoms with Gasteiger partial charge in [0, 0.05) is 12.8 Å². The van der Waals surface area contributed by atoms with Crippen LogP contribution in [0.4, 0.5) is 0 Å². The number of carbonyl (C=O) groups excluding carboxylic acids is 2. The molecule has 1 N–H and O–H groups in total. The number of esters is 2. The molecule has 0 rings (SSSR count). The summed E-state index contributed by atoms with van der Waals surface area (Å²) in [4.78, 5) is 37.7. The van der Waals surface area contributed by atoms with E-state index >= 15 is 0 Å². The Balaban J connectivity index is 3.93. The van der Waals surface area contributed by atoms with Gasteiger partial charge in [-0.3, -0.25) is 9.59 Å². The number of carboxylic acid groups (broad SMARTS) is 1. The van der Waals surface area contributed by atoms with Gasteiger partial charge >= 0.3 is 17.9 Å². The number of hydrogen-bond acceptors (Lipinski definition) is 7. The minimum Gasteiger partial charge on any atom is -0.477 e. The van der Waals surface area contributed by atoms with E-state index in [0.29, 0.717) is 17.4 Å². The standard InChI is InChI=1S/C82H161NO8/c1-6-8-10-12-14-16-18-20-22-24-26-28-30-32-34-36-38-39-40-41-42-43-45-47-49-51-53-55-57-59-61-63-65-67-69-71-73-80(85)91-78(77-90-82(81(86)87)88-75-74-83(3,4)5)76-89-79(84)72-70-68-66-64-62-60-58-56-54-52-50-48-46-44-37-35-33-31-29-27-25-23-21-19-17-15-13-11-9-7-2/h78,82H,6-77H2,1-5H3/p+1. The molecule has 0 heterocycles. The van der Waals surface area contributed by atoms with Gasteiger partial charge in [-0.2, -0.15) is 0 Å². The zero-order valence-corrected chi connectivity index (χ0v) is 62.3. The first-order valence-electron chi connectivity index (χ1n) is 41.2. The summed E-state index contributed by atoms with van der Waals surface area (Å²) in [5.74, 6) is -1.96. The van der Waals surface area contributed by atoms with Gasteiger partial charge in [0.1, 0.15) is 13.2 Å². The number of ether oxygens (including phenoxy) is 4. The van der Waals surface area contributed by atoms with Crippen LogP contribution < -0.4 is 0 Å². The average molecular weight is 1290 g/mol. The van der Waals surface area contributed by atoms with Crippen LogP contribution in [0.1, 0.15) is 450 Å². The third-order valence-electron chi connectivity index (χ3n) is 19.4. The van der Waals surface area contributed by atoms with Crippen LogP contribution in [0.25, 0.3) is 0 Å². The number of carbonyl (C=O) groups is 3. The van der Waals surface area contributed by atoms with E-state index in [1.807, 2.05) is 21.1 Å². The van der Waals surface area contributed by atoms with Crippen molar-refractivity contribution in [3.63, 3.8) is 0 Å². The van der Waals surface area contributed by atoms with E-state index in [1.165, 1.54) is 385 Å². The fraction of sp³-hybridized carbons (Fsp3) is 0.963. The molecule has 0 fully saturated rings. The number of quaternary nitrogens is 1. The van der Waals surface area contributed by atoms with Crippen LogP contribution in [0, 0.1) is 0 Å². The second-order valence-electron chi connectivity index (χ2n) is 29.8. The van der Waals surface area contributed by atoms with Crippen molar-refractivity contribution in [2.45, 2.75) is 463 Å². The summed E-state index contributed by atoms with van der Waals surface area (Å²) in [5, 5.41) is 9.77. The lowest BCUT2D eigenvalue weighted by Gasteiger charge is -2.25. The highest BCUT2D eigenvalue weighted by Crippen LogP contribution is 2.21. The molecule has 2 atom stereocenters. The minimum absolute atomic E-state index is 0.172. The van der Waals surface area contributed by atoms with E-state index in [2.05, 4.69) is 13.8 Å². The van der Waals surface area contributed by atoms with Crippen molar-refractivity contribution in [3.05, 3.63) is 0 Å². The molecule has 0 amide bonds. The second-order valence-corrected chi connectivity index (χ2v) is 29.8. The highest BCUT2D eigenvalue weighted by molar-refractivity contribution is 5.71. The Bertz CT molecular complexity index is 1450. The minimum atomic E-state index is -1.51. The Morgan fingerprint density at radius 2 is 0.495 bits per heavy atom. The fourth-order valence-corrected chi connectivity index (χ4v) is 13.1. The van der Waals surface area contributed by atoms with Crippen LogP contribution in [-0.4, -0.2) is 87.4 Å². The lowest BCUT2D eigenvalue weighted by atomic mass is 10.0. The van der Waals surface area contributed by atoms with Gasteiger partial charge < -0.3 is 28.5 Å². The van der Waals surface area contributed by atoms with Crippen molar-refractivity contribution in [3.8, 4) is 0 Å². The predicted molar refractivity (Wildman–Crippen MR) is 392 cm³/mol. The molecule has 0 saturated heterocycles. The summed E-state index contributed by atoms with van der Waals surface area (Å²) in [6, 6.07) is 0. The lowest BCUT2D eigenvalue weighted by Crippen LogP contribution is -2.40. The molecular weight excluding hydrogens is 1130 g/mol. The van der Waals surface area contributed by atoms with Gasteiger partial charge in [0.05, 0.1) is 34.4 Å². The molecule has 0 aromatic rings. The lowest BCUT2D eigenvalue weighted by molar-refractivity contribution is -0.870. The number of hydrogen-bond donors (Lipinski definition) is 1. The average Bonchev–Trinajstić information content (AvgIpc) is 3.69. The smallest absolute Gasteiger partial charge is 0.361 e. The molecule has 0 aliphatic rings. The molecule has 0 aromatic carbocycles. The first kappa shape index (κ1) is 89.3. The summed E-state index contributed by atoms with van der Waals surface area (Å²) in [5.41, 5.74) is 0. The molecule has 9 heteroatoms. The number of aliphatic carboxylic acids is 1. The summed E-state index contributed by atoms with van der Waals surface area (Å²) in [7, 11) is 6.01. The van der Waals surface area contributed by atoms with E-state index in [9.17, 15) is 19.5 Å². The third kappa shape index (κ3) is 75.5. The van der Waals surface area contributed by atoms with E-state index in [-0.39, 0.29) is 38.2 Å². The Hall–Kier alpha value is -1.71. The summed E-state index contributed by atoms with van der Waals surface area (Å²) in [6.07, 6.45) is 88.5. The van der Waals surface area contributed by atoms with Crippen LogP contribution in [0.3, 0.4) is 0 Å². The predicted octanol–water partition coefficient (Wildman–Crippen LogP) is 26.2. The summed E-state index contributed by atoms with van der Waals surface area (Å²) >= 11 is 0. The zero-order chi connectivity index (χ0) is 66.1. The Kier molecular flexibility index (Phi) is 72.7. The highest BCUT2D eigenvalue weighted by atomic mass is 16.7. The Morgan fingerprint density at radius 1 is 0.286 bits per heavy atom. The largest absolute Gasteiger partial charge is 0.477 e. The van der Waals surface area contributed by atoms with Crippen LogP contribution in [0.15, 0.2) is 0 Å². The molecule has 0 radical (unpaired) electrons. The Morgan fingerprint density at radius 3 is 0.703 bits per heavy atom. The third-order valence-corrected chi connectivity index (χ3v) is 19.4.